The van der Waals surface area contributed by atoms with Crippen molar-refractivity contribution in [2.24, 2.45) is 13.0 Å². The van der Waals surface area contributed by atoms with Crippen molar-refractivity contribution in [2.75, 3.05) is 13.7 Å². The molecule has 5 rings (SSSR count). The molecule has 36 heavy (non-hydrogen) atoms. The molecular weight excluding hydrogens is 450 g/mol. The molecule has 0 aliphatic carbocycles. The maximum Gasteiger partial charge on any atom is 0.259 e. The van der Waals surface area contributed by atoms with Crippen LogP contribution in [0.2, 0.25) is 0 Å². The lowest BCUT2D eigenvalue weighted by Crippen LogP contribution is -2.22. The molecule has 2 aromatic heterocycles. The molecular formula is C30H33N3O3. The lowest BCUT2D eigenvalue weighted by atomic mass is 9.95. The van der Waals surface area contributed by atoms with Crippen LogP contribution in [0.1, 0.15) is 43.7 Å². The van der Waals surface area contributed by atoms with E-state index < -0.39 is 0 Å². The highest BCUT2D eigenvalue weighted by atomic mass is 16.5. The van der Waals surface area contributed by atoms with E-state index in [-0.39, 0.29) is 11.8 Å². The van der Waals surface area contributed by atoms with Gasteiger partial charge in [-0.3, -0.25) is 14.9 Å². The summed E-state index contributed by atoms with van der Waals surface area (Å²) in [4.78, 5) is 26.3. The number of nitrogens with one attached hydrogen (secondary N) is 1. The summed E-state index contributed by atoms with van der Waals surface area (Å²) < 4.78 is 9.71. The van der Waals surface area contributed by atoms with E-state index in [1.807, 2.05) is 66.5 Å². The summed E-state index contributed by atoms with van der Waals surface area (Å²) >= 11 is 0. The van der Waals surface area contributed by atoms with Crippen molar-refractivity contribution in [2.45, 2.75) is 39.2 Å². The highest BCUT2D eigenvalue weighted by molar-refractivity contribution is 6.50. The number of aromatic nitrogens is 2. The Bertz CT molecular complexity index is 1470. The number of hydrogen-bond acceptors (Lipinski definition) is 3. The lowest BCUT2D eigenvalue weighted by molar-refractivity contribution is -0.122. The smallest absolute Gasteiger partial charge is 0.259 e. The minimum atomic E-state index is -0.345. The van der Waals surface area contributed by atoms with Crippen molar-refractivity contribution in [3.8, 4) is 0 Å². The number of methoxy groups -OCH3 is 1. The van der Waals surface area contributed by atoms with E-state index in [4.69, 9.17) is 4.74 Å². The van der Waals surface area contributed by atoms with Gasteiger partial charge in [0.1, 0.15) is 0 Å². The van der Waals surface area contributed by atoms with Crippen molar-refractivity contribution in [1.82, 2.24) is 14.5 Å². The van der Waals surface area contributed by atoms with Crippen LogP contribution in [0.3, 0.4) is 0 Å². The van der Waals surface area contributed by atoms with Gasteiger partial charge in [-0.15, -0.1) is 0 Å². The molecule has 1 N–H and O–H groups in total. The first-order chi connectivity index (χ1) is 17.5. The Kier molecular flexibility index (Phi) is 6.79. The second-order valence-corrected chi connectivity index (χ2v) is 9.71. The number of fused-ring (bicyclic) bond motifs is 2. The van der Waals surface area contributed by atoms with E-state index in [2.05, 4.69) is 22.9 Å². The minimum Gasteiger partial charge on any atom is -0.384 e. The molecule has 3 heterocycles. The topological polar surface area (TPSA) is 65.3 Å². The third kappa shape index (κ3) is 4.26. The molecule has 2 aromatic carbocycles. The molecule has 6 nitrogen and oxygen atoms in total. The number of hydrogen-bond donors (Lipinski definition) is 1. The van der Waals surface area contributed by atoms with Gasteiger partial charge in [0.25, 0.3) is 11.8 Å². The molecule has 0 radical (unpaired) electrons. The lowest BCUT2D eigenvalue weighted by Gasteiger charge is -2.16. The average molecular weight is 484 g/mol. The molecule has 186 valence electrons. The zero-order chi connectivity index (χ0) is 25.2. The van der Waals surface area contributed by atoms with Crippen LogP contribution < -0.4 is 5.32 Å². The van der Waals surface area contributed by atoms with Crippen molar-refractivity contribution >= 4 is 44.8 Å². The number of carbonyl (C=O) groups is 2. The third-order valence-corrected chi connectivity index (χ3v) is 7.30. The number of benzene rings is 2. The predicted octanol–water partition coefficient (Wildman–Crippen LogP) is 5.54. The third-order valence-electron chi connectivity index (χ3n) is 7.30. The molecule has 1 atom stereocenters. The fraction of sp³-hybridized carbons (Fsp3) is 0.333. The molecule has 4 aromatic rings. The van der Waals surface area contributed by atoms with Crippen molar-refractivity contribution in [3.63, 3.8) is 0 Å². The first-order valence-corrected chi connectivity index (χ1v) is 12.7. The summed E-state index contributed by atoms with van der Waals surface area (Å²) in [5.74, 6) is -0.199. The Hall–Kier alpha value is -3.64. The monoisotopic (exact) mass is 483 g/mol. The van der Waals surface area contributed by atoms with Crippen molar-refractivity contribution in [3.05, 3.63) is 72.1 Å². The second kappa shape index (κ2) is 10.2. The molecule has 1 aliphatic rings. The quantitative estimate of drug-likeness (QED) is 0.301. The number of nitrogens with zero attached hydrogens (tertiary/aromatic N) is 2. The normalized spacial score (nSPS) is 14.9. The van der Waals surface area contributed by atoms with Gasteiger partial charge in [0.2, 0.25) is 0 Å². The maximum atomic E-state index is 13.2. The second-order valence-electron chi connectivity index (χ2n) is 9.71. The zero-order valence-corrected chi connectivity index (χ0v) is 21.2. The Morgan fingerprint density at radius 2 is 1.47 bits per heavy atom. The zero-order valence-electron chi connectivity index (χ0n) is 21.2. The van der Waals surface area contributed by atoms with Crippen LogP contribution in [0.25, 0.3) is 33.0 Å². The van der Waals surface area contributed by atoms with Gasteiger partial charge in [-0.05, 0) is 30.9 Å². The van der Waals surface area contributed by atoms with Crippen LogP contribution in [-0.4, -0.2) is 34.7 Å². The number of rotatable bonds is 10. The predicted molar refractivity (Wildman–Crippen MR) is 144 cm³/mol. The van der Waals surface area contributed by atoms with Crippen molar-refractivity contribution in [1.29, 1.82) is 0 Å². The molecule has 0 bridgehead atoms. The van der Waals surface area contributed by atoms with Gasteiger partial charge >= 0.3 is 0 Å². The summed E-state index contributed by atoms with van der Waals surface area (Å²) in [5, 5.41) is 4.50. The fourth-order valence-electron chi connectivity index (χ4n) is 5.50. The maximum absolute atomic E-state index is 13.2. The standard InChI is InChI=1S/C30H33N3O3/c1-4-5-10-20(19-36-3)15-16-33-18-24(22-12-7-9-14-26(22)33)28-27(29(34)31-30(28)35)23-17-32(2)25-13-8-6-11-21(23)25/h6-9,11-14,17-18,20H,4-5,10,15-16,19H2,1-3H3,(H,31,34,35). The molecule has 2 amide bonds. The number of aryl methyl sites for hydroxylation is 2. The number of unbranched alkanes of at least 4 members (excludes halogenated alkanes) is 1. The molecule has 0 fully saturated rings. The van der Waals surface area contributed by atoms with Crippen LogP contribution in [0.4, 0.5) is 0 Å². The van der Waals surface area contributed by atoms with E-state index in [1.165, 1.54) is 12.8 Å². The van der Waals surface area contributed by atoms with Crippen LogP contribution >= 0.6 is 0 Å². The van der Waals surface area contributed by atoms with Gasteiger partial charge in [0.15, 0.2) is 0 Å². The summed E-state index contributed by atoms with van der Waals surface area (Å²) in [5.41, 5.74) is 4.56. The number of ether oxygens (including phenoxy) is 1. The molecule has 6 heteroatoms. The summed E-state index contributed by atoms with van der Waals surface area (Å²) in [6, 6.07) is 16.1. The molecule has 0 saturated heterocycles. The number of amides is 2. The van der Waals surface area contributed by atoms with Gasteiger partial charge in [-0.2, -0.15) is 0 Å². The Labute approximate surface area is 211 Å². The van der Waals surface area contributed by atoms with E-state index >= 15 is 0 Å². The van der Waals surface area contributed by atoms with E-state index in [0.717, 1.165) is 58.9 Å². The van der Waals surface area contributed by atoms with Crippen LogP contribution in [-0.2, 0) is 27.9 Å². The first-order valence-electron chi connectivity index (χ1n) is 12.7. The Balaban J connectivity index is 1.61. The molecule has 1 aliphatic heterocycles. The first kappa shape index (κ1) is 24.1. The fourth-order valence-corrected chi connectivity index (χ4v) is 5.50. The highest BCUT2D eigenvalue weighted by Crippen LogP contribution is 2.38. The van der Waals surface area contributed by atoms with Gasteiger partial charge in [0.05, 0.1) is 11.1 Å². The van der Waals surface area contributed by atoms with Gasteiger partial charge in [-0.25, -0.2) is 0 Å². The molecule has 1 unspecified atom stereocenters. The van der Waals surface area contributed by atoms with Crippen molar-refractivity contribution < 1.29 is 14.3 Å². The summed E-state index contributed by atoms with van der Waals surface area (Å²) in [7, 11) is 3.72. The Morgan fingerprint density at radius 3 is 2.14 bits per heavy atom. The number of para-hydroxylation sites is 2. The summed E-state index contributed by atoms with van der Waals surface area (Å²) in [6.07, 6.45) is 8.49. The number of imide groups is 1. The van der Waals surface area contributed by atoms with Gasteiger partial charge < -0.3 is 13.9 Å². The van der Waals surface area contributed by atoms with E-state index in [1.54, 1.807) is 7.11 Å². The van der Waals surface area contributed by atoms with E-state index in [9.17, 15) is 9.59 Å². The molecule has 0 spiro atoms. The molecule has 0 saturated carbocycles. The SMILES string of the molecule is CCCCC(CCn1cc(C2=C(c3cn(C)c4ccccc34)C(=O)NC2=O)c2ccccc21)COC. The Morgan fingerprint density at radius 1 is 0.861 bits per heavy atom. The van der Waals surface area contributed by atoms with E-state index in [0.29, 0.717) is 17.1 Å². The van der Waals surface area contributed by atoms with Crippen LogP contribution in [0, 0.1) is 5.92 Å². The van der Waals surface area contributed by atoms with Crippen LogP contribution in [0.5, 0.6) is 0 Å². The average Bonchev–Trinajstić information content (AvgIpc) is 3.51. The van der Waals surface area contributed by atoms with Crippen LogP contribution in [0.15, 0.2) is 60.9 Å². The van der Waals surface area contributed by atoms with Gasteiger partial charge in [-0.1, -0.05) is 56.2 Å². The summed E-state index contributed by atoms with van der Waals surface area (Å²) in [6.45, 7) is 3.79. The minimum absolute atomic E-state index is 0.342. The largest absolute Gasteiger partial charge is 0.384 e. The van der Waals surface area contributed by atoms with Gasteiger partial charge in [0, 0.05) is 72.6 Å². The number of carbonyl (C=O) groups excluding carboxylic acids is 2. The highest BCUT2D eigenvalue weighted by Gasteiger charge is 2.35.